The second-order valence-electron chi connectivity index (χ2n) is 13.3. The zero-order chi connectivity index (χ0) is 32.6. The highest BCUT2D eigenvalue weighted by Crippen LogP contribution is 2.54. The minimum absolute atomic E-state index is 0.00231. The highest BCUT2D eigenvalue weighted by molar-refractivity contribution is 5.95. The monoisotopic (exact) mass is 639 g/mol. The number of nitrogens with zero attached hydrogens (tertiary/aromatic N) is 3. The van der Waals surface area contributed by atoms with Crippen LogP contribution in [0.2, 0.25) is 0 Å². The highest BCUT2D eigenvalue weighted by Gasteiger charge is 2.59. The Morgan fingerprint density at radius 1 is 1.17 bits per heavy atom. The van der Waals surface area contributed by atoms with E-state index in [2.05, 4.69) is 4.98 Å². The largest absolute Gasteiger partial charge is 0.417 e. The molecule has 4 heterocycles. The third-order valence-electron chi connectivity index (χ3n) is 10.5. The normalized spacial score (nSPS) is 27.9. The summed E-state index contributed by atoms with van der Waals surface area (Å²) >= 11 is 0. The van der Waals surface area contributed by atoms with Gasteiger partial charge in [0, 0.05) is 69.8 Å². The van der Waals surface area contributed by atoms with Crippen LogP contribution in [0.25, 0.3) is 6.08 Å². The minimum atomic E-state index is -4.52. The summed E-state index contributed by atoms with van der Waals surface area (Å²) in [6.07, 6.45) is 3.15. The van der Waals surface area contributed by atoms with Crippen LogP contribution >= 0.6 is 0 Å². The molecule has 1 aliphatic carbocycles. The number of carbonyl (C=O) groups is 3. The summed E-state index contributed by atoms with van der Waals surface area (Å²) in [6, 6.07) is 8.12. The fourth-order valence-electron chi connectivity index (χ4n) is 8.07. The lowest BCUT2D eigenvalue weighted by Crippen LogP contribution is -2.49. The Labute approximate surface area is 266 Å². The Kier molecular flexibility index (Phi) is 9.08. The number of alkyl halides is 3. The second kappa shape index (κ2) is 12.9. The van der Waals surface area contributed by atoms with Crippen molar-refractivity contribution in [2.75, 3.05) is 40.0 Å². The van der Waals surface area contributed by atoms with Crippen LogP contribution in [0.5, 0.6) is 0 Å². The maximum atomic E-state index is 14.5. The maximum absolute atomic E-state index is 14.5. The number of fused-ring (bicyclic) bond motifs is 2. The van der Waals surface area contributed by atoms with Crippen molar-refractivity contribution in [2.45, 2.75) is 57.9 Å². The van der Waals surface area contributed by atoms with Gasteiger partial charge in [-0.1, -0.05) is 24.3 Å². The molecule has 1 saturated carbocycles. The number of ketones is 1. The van der Waals surface area contributed by atoms with Crippen LogP contribution in [0.4, 0.5) is 13.2 Å². The van der Waals surface area contributed by atoms with Crippen LogP contribution in [0, 0.1) is 23.2 Å². The molecule has 2 saturated heterocycles. The SMILES string of the molecule is COC1COCCC1C[C@@H]1C[C@H]2CN(C(=O)/C=C/c3ccc(C(C)=O)cc3)C[C@@]2(C(=O)N2CCc3ncc(C(F)(F)F)cc3C2)C1. The topological polar surface area (TPSA) is 89.0 Å². The van der Waals surface area contributed by atoms with E-state index >= 15 is 0 Å². The van der Waals surface area contributed by atoms with Gasteiger partial charge in [-0.25, -0.2) is 0 Å². The number of hydrogen-bond acceptors (Lipinski definition) is 6. The highest BCUT2D eigenvalue weighted by atomic mass is 19.4. The van der Waals surface area contributed by atoms with Crippen molar-refractivity contribution in [3.8, 4) is 0 Å². The van der Waals surface area contributed by atoms with Crippen LogP contribution in [0.1, 0.15) is 65.3 Å². The van der Waals surface area contributed by atoms with Gasteiger partial charge in [-0.05, 0) is 73.6 Å². The molecule has 5 atom stereocenters. The number of benzene rings is 1. The fourth-order valence-corrected chi connectivity index (χ4v) is 8.07. The molecule has 1 aromatic heterocycles. The van der Waals surface area contributed by atoms with E-state index in [1.807, 2.05) is 0 Å². The molecule has 8 nitrogen and oxygen atoms in total. The number of amides is 2. The third kappa shape index (κ3) is 6.49. The first-order valence-electron chi connectivity index (χ1n) is 16.0. The van der Waals surface area contributed by atoms with E-state index in [0.29, 0.717) is 61.9 Å². The van der Waals surface area contributed by atoms with Gasteiger partial charge in [-0.2, -0.15) is 13.2 Å². The smallest absolute Gasteiger partial charge is 0.379 e. The molecular weight excluding hydrogens is 599 g/mol. The van der Waals surface area contributed by atoms with E-state index in [1.165, 1.54) is 13.0 Å². The summed E-state index contributed by atoms with van der Waals surface area (Å²) in [4.78, 5) is 47.1. The Morgan fingerprint density at radius 2 is 1.96 bits per heavy atom. The second-order valence-corrected chi connectivity index (χ2v) is 13.3. The summed E-state index contributed by atoms with van der Waals surface area (Å²) in [5.41, 5.74) is 0.761. The molecule has 2 aromatic rings. The molecule has 2 amide bonds. The number of aromatic nitrogens is 1. The van der Waals surface area contributed by atoms with Gasteiger partial charge in [0.25, 0.3) is 0 Å². The van der Waals surface area contributed by atoms with Gasteiger partial charge in [0.1, 0.15) is 0 Å². The Hall–Kier alpha value is -3.57. The summed E-state index contributed by atoms with van der Waals surface area (Å²) in [5.74, 6) is 0.209. The molecule has 6 rings (SSSR count). The number of likely N-dealkylation sites (tertiary alicyclic amines) is 1. The molecule has 2 unspecified atom stereocenters. The molecule has 3 aliphatic heterocycles. The number of methoxy groups -OCH3 is 1. The maximum Gasteiger partial charge on any atom is 0.417 e. The summed E-state index contributed by atoms with van der Waals surface area (Å²) in [5, 5.41) is 0. The Morgan fingerprint density at radius 3 is 2.67 bits per heavy atom. The van der Waals surface area contributed by atoms with E-state index in [9.17, 15) is 27.6 Å². The third-order valence-corrected chi connectivity index (χ3v) is 10.5. The van der Waals surface area contributed by atoms with Crippen molar-refractivity contribution in [3.05, 3.63) is 70.6 Å². The van der Waals surface area contributed by atoms with Crippen molar-refractivity contribution < 1.29 is 37.0 Å². The van der Waals surface area contributed by atoms with E-state index in [-0.39, 0.29) is 48.6 Å². The van der Waals surface area contributed by atoms with Crippen LogP contribution in [-0.2, 0) is 38.2 Å². The molecule has 0 spiro atoms. The molecule has 0 N–H and O–H groups in total. The predicted molar refractivity (Wildman–Crippen MR) is 163 cm³/mol. The van der Waals surface area contributed by atoms with Gasteiger partial charge in [-0.3, -0.25) is 19.4 Å². The molecule has 11 heteroatoms. The average molecular weight is 640 g/mol. The zero-order valence-electron chi connectivity index (χ0n) is 26.2. The van der Waals surface area contributed by atoms with Crippen molar-refractivity contribution in [1.82, 2.24) is 14.8 Å². The van der Waals surface area contributed by atoms with Crippen molar-refractivity contribution >= 4 is 23.7 Å². The zero-order valence-corrected chi connectivity index (χ0v) is 26.2. The molecule has 1 aromatic carbocycles. The van der Waals surface area contributed by atoms with Gasteiger partial charge >= 0.3 is 6.18 Å². The lowest BCUT2D eigenvalue weighted by molar-refractivity contribution is -0.144. The lowest BCUT2D eigenvalue weighted by Gasteiger charge is -2.37. The number of ether oxygens (including phenoxy) is 2. The van der Waals surface area contributed by atoms with E-state index < -0.39 is 17.2 Å². The lowest BCUT2D eigenvalue weighted by atomic mass is 9.78. The first-order valence-corrected chi connectivity index (χ1v) is 16.0. The molecule has 0 radical (unpaired) electrons. The van der Waals surface area contributed by atoms with Gasteiger partial charge in [0.15, 0.2) is 5.78 Å². The number of pyridine rings is 1. The summed E-state index contributed by atoms with van der Waals surface area (Å²) < 4.78 is 51.7. The molecule has 4 aliphatic rings. The van der Waals surface area contributed by atoms with Crippen LogP contribution in [-0.4, -0.2) is 78.4 Å². The average Bonchev–Trinajstić information content (AvgIpc) is 3.58. The summed E-state index contributed by atoms with van der Waals surface area (Å²) in [6.45, 7) is 3.89. The number of rotatable bonds is 7. The number of halogens is 3. The fraction of sp³-hybridized carbons (Fsp3) is 0.543. The molecular formula is C35H40F3N3O5. The van der Waals surface area contributed by atoms with Gasteiger partial charge in [0.05, 0.1) is 23.7 Å². The Bertz CT molecular complexity index is 1510. The van der Waals surface area contributed by atoms with Crippen molar-refractivity contribution in [1.29, 1.82) is 0 Å². The Balaban J connectivity index is 1.22. The van der Waals surface area contributed by atoms with Crippen LogP contribution < -0.4 is 0 Å². The molecule has 0 bridgehead atoms. The first-order chi connectivity index (χ1) is 22.0. The predicted octanol–water partition coefficient (Wildman–Crippen LogP) is 5.20. The standard InChI is InChI=1S/C35H40F3N3O5/c1-22(42)25-6-3-23(4-7-25)5-8-32(43)41-19-29-14-24(13-26-10-12-46-20-31(26)45-2)16-34(29,21-41)33(44)40-11-9-30-27(18-40)15-28(17-39-30)35(36,37)38/h3-8,15,17,24,26,29,31H,9-14,16,18-21H2,1-2H3/b8-5+/t24-,26?,29+,31?,34+/m1/s1. The van der Waals surface area contributed by atoms with Gasteiger partial charge in [-0.15, -0.1) is 0 Å². The quantitative estimate of drug-likeness (QED) is 0.306. The molecule has 246 valence electrons. The van der Waals surface area contributed by atoms with E-state index in [4.69, 9.17) is 9.47 Å². The van der Waals surface area contributed by atoms with E-state index in [0.717, 1.165) is 37.1 Å². The van der Waals surface area contributed by atoms with Gasteiger partial charge in [0.2, 0.25) is 11.8 Å². The first kappa shape index (κ1) is 32.4. The van der Waals surface area contributed by atoms with Gasteiger partial charge < -0.3 is 19.3 Å². The number of hydrogen-bond donors (Lipinski definition) is 0. The van der Waals surface area contributed by atoms with E-state index in [1.54, 1.807) is 47.3 Å². The minimum Gasteiger partial charge on any atom is -0.379 e. The number of carbonyl (C=O) groups excluding carboxylic acids is 3. The van der Waals surface area contributed by atoms with Crippen molar-refractivity contribution in [3.63, 3.8) is 0 Å². The molecule has 46 heavy (non-hydrogen) atoms. The van der Waals surface area contributed by atoms with Crippen LogP contribution in [0.15, 0.2) is 42.6 Å². The molecule has 3 fully saturated rings. The summed E-state index contributed by atoms with van der Waals surface area (Å²) in [7, 11) is 1.70. The number of Topliss-reactive ketones (excluding diaryl/α,β-unsaturated/α-hetero) is 1. The van der Waals surface area contributed by atoms with Crippen molar-refractivity contribution in [2.24, 2.45) is 23.2 Å². The van der Waals surface area contributed by atoms with Crippen LogP contribution in [0.3, 0.4) is 0 Å².